The predicted octanol–water partition coefficient (Wildman–Crippen LogP) is 2.95. The standard InChI is InChI=1S/C19H23Cl2N3O2/c20-13-8-12(9-14(21)10-13)18(25)23-7-1-2-17(23)19(26)24-15-3-4-16(24)11-22-6-5-15/h8-10,15-17,22H,1-7,11H2. The first-order chi connectivity index (χ1) is 12.5. The molecule has 3 aliphatic heterocycles. The van der Waals surface area contributed by atoms with Gasteiger partial charge in [-0.2, -0.15) is 0 Å². The van der Waals surface area contributed by atoms with Gasteiger partial charge < -0.3 is 15.1 Å². The van der Waals surface area contributed by atoms with E-state index in [1.807, 2.05) is 0 Å². The van der Waals surface area contributed by atoms with Gasteiger partial charge in [-0.05, 0) is 56.8 Å². The van der Waals surface area contributed by atoms with Crippen molar-refractivity contribution in [3.63, 3.8) is 0 Å². The smallest absolute Gasteiger partial charge is 0.254 e. The lowest BCUT2D eigenvalue weighted by molar-refractivity contribution is -0.137. The first-order valence-electron chi connectivity index (χ1n) is 9.34. The number of carbonyl (C=O) groups excluding carboxylic acids is 2. The summed E-state index contributed by atoms with van der Waals surface area (Å²) in [5.41, 5.74) is 0.447. The summed E-state index contributed by atoms with van der Waals surface area (Å²) < 4.78 is 0. The Morgan fingerprint density at radius 2 is 1.73 bits per heavy atom. The van der Waals surface area contributed by atoms with Crippen molar-refractivity contribution in [3.8, 4) is 0 Å². The molecule has 3 unspecified atom stereocenters. The number of carbonyl (C=O) groups is 2. The summed E-state index contributed by atoms with van der Waals surface area (Å²) in [6, 6.07) is 5.04. The van der Waals surface area contributed by atoms with Crippen molar-refractivity contribution in [1.29, 1.82) is 0 Å². The monoisotopic (exact) mass is 395 g/mol. The van der Waals surface area contributed by atoms with Crippen molar-refractivity contribution in [3.05, 3.63) is 33.8 Å². The van der Waals surface area contributed by atoms with Gasteiger partial charge in [-0.3, -0.25) is 9.59 Å². The Bertz CT molecular complexity index is 692. The highest BCUT2D eigenvalue weighted by atomic mass is 35.5. The van der Waals surface area contributed by atoms with Crippen LogP contribution in [0.2, 0.25) is 10.0 Å². The normalized spacial score (nSPS) is 28.3. The molecule has 7 heteroatoms. The molecule has 5 nitrogen and oxygen atoms in total. The number of fused-ring (bicyclic) bond motifs is 2. The molecule has 1 aromatic rings. The number of hydrogen-bond donors (Lipinski definition) is 1. The third kappa shape index (κ3) is 3.32. The molecule has 3 saturated heterocycles. The van der Waals surface area contributed by atoms with E-state index in [0.29, 0.717) is 28.2 Å². The third-order valence-electron chi connectivity index (χ3n) is 5.82. The fourth-order valence-electron chi connectivity index (χ4n) is 4.62. The summed E-state index contributed by atoms with van der Waals surface area (Å²) in [5.74, 6) is -0.0503. The molecule has 3 heterocycles. The van der Waals surface area contributed by atoms with Gasteiger partial charge in [0.25, 0.3) is 5.91 Å². The molecule has 3 atom stereocenters. The molecular formula is C19H23Cl2N3O2. The van der Waals surface area contributed by atoms with Crippen molar-refractivity contribution in [2.24, 2.45) is 0 Å². The van der Waals surface area contributed by atoms with Gasteiger partial charge in [-0.15, -0.1) is 0 Å². The van der Waals surface area contributed by atoms with Gasteiger partial charge in [0.15, 0.2) is 0 Å². The Balaban J connectivity index is 1.56. The lowest BCUT2D eigenvalue weighted by atomic mass is 10.1. The molecule has 2 amide bonds. The number of rotatable bonds is 2. The topological polar surface area (TPSA) is 52.7 Å². The van der Waals surface area contributed by atoms with Crippen molar-refractivity contribution in [2.75, 3.05) is 19.6 Å². The van der Waals surface area contributed by atoms with E-state index in [1.165, 1.54) is 0 Å². The Hall–Kier alpha value is -1.30. The quantitative estimate of drug-likeness (QED) is 0.837. The maximum absolute atomic E-state index is 13.3. The van der Waals surface area contributed by atoms with Gasteiger partial charge in [-0.1, -0.05) is 23.2 Å². The molecular weight excluding hydrogens is 373 g/mol. The maximum Gasteiger partial charge on any atom is 0.254 e. The second kappa shape index (κ2) is 7.37. The Morgan fingerprint density at radius 1 is 1.00 bits per heavy atom. The summed E-state index contributed by atoms with van der Waals surface area (Å²) in [4.78, 5) is 30.1. The first-order valence-corrected chi connectivity index (χ1v) is 10.1. The summed E-state index contributed by atoms with van der Waals surface area (Å²) in [7, 11) is 0. The summed E-state index contributed by atoms with van der Waals surface area (Å²) in [5, 5.41) is 4.28. The van der Waals surface area contributed by atoms with E-state index in [9.17, 15) is 9.59 Å². The maximum atomic E-state index is 13.3. The van der Waals surface area contributed by atoms with Crippen molar-refractivity contribution >= 4 is 35.0 Å². The minimum absolute atomic E-state index is 0.111. The Labute approximate surface area is 163 Å². The molecule has 3 aliphatic rings. The lowest BCUT2D eigenvalue weighted by Gasteiger charge is -2.33. The van der Waals surface area contributed by atoms with Crippen LogP contribution in [0.3, 0.4) is 0 Å². The minimum Gasteiger partial charge on any atom is -0.334 e. The number of amides is 2. The van der Waals surface area contributed by atoms with Crippen LogP contribution in [0.5, 0.6) is 0 Å². The number of halogens is 2. The molecule has 0 saturated carbocycles. The van der Waals surface area contributed by atoms with Crippen LogP contribution < -0.4 is 5.32 Å². The van der Waals surface area contributed by atoms with E-state index in [0.717, 1.165) is 45.2 Å². The van der Waals surface area contributed by atoms with E-state index in [4.69, 9.17) is 23.2 Å². The van der Waals surface area contributed by atoms with Crippen LogP contribution in [0.25, 0.3) is 0 Å². The zero-order chi connectivity index (χ0) is 18.3. The average Bonchev–Trinajstić information content (AvgIpc) is 3.16. The van der Waals surface area contributed by atoms with Gasteiger partial charge in [0, 0.05) is 40.8 Å². The highest BCUT2D eigenvalue weighted by molar-refractivity contribution is 6.35. The predicted molar refractivity (Wildman–Crippen MR) is 102 cm³/mol. The molecule has 0 aromatic heterocycles. The van der Waals surface area contributed by atoms with E-state index >= 15 is 0 Å². The van der Waals surface area contributed by atoms with E-state index < -0.39 is 0 Å². The van der Waals surface area contributed by atoms with Gasteiger partial charge in [-0.25, -0.2) is 0 Å². The molecule has 26 heavy (non-hydrogen) atoms. The molecule has 0 radical (unpaired) electrons. The first kappa shape index (κ1) is 18.1. The summed E-state index contributed by atoms with van der Waals surface area (Å²) >= 11 is 12.1. The van der Waals surface area contributed by atoms with E-state index in [2.05, 4.69) is 10.2 Å². The van der Waals surface area contributed by atoms with Crippen molar-refractivity contribution < 1.29 is 9.59 Å². The second-order valence-electron chi connectivity index (χ2n) is 7.44. The van der Waals surface area contributed by atoms with E-state index in [-0.39, 0.29) is 23.9 Å². The SMILES string of the molecule is O=C(c1cc(Cl)cc(Cl)c1)N1CCCC1C(=O)N1C2CCNCC1CC2. The van der Waals surface area contributed by atoms with Crippen LogP contribution in [-0.2, 0) is 4.79 Å². The number of likely N-dealkylation sites (tertiary alicyclic amines) is 1. The number of nitrogens with zero attached hydrogens (tertiary/aromatic N) is 2. The van der Waals surface area contributed by atoms with Crippen LogP contribution in [0.15, 0.2) is 18.2 Å². The molecule has 140 valence electrons. The number of benzene rings is 1. The van der Waals surface area contributed by atoms with Crippen molar-refractivity contribution in [1.82, 2.24) is 15.1 Å². The second-order valence-corrected chi connectivity index (χ2v) is 8.31. The Kier molecular flexibility index (Phi) is 5.13. The third-order valence-corrected chi connectivity index (χ3v) is 6.25. The fraction of sp³-hybridized carbons (Fsp3) is 0.579. The zero-order valence-electron chi connectivity index (χ0n) is 14.6. The van der Waals surface area contributed by atoms with Gasteiger partial charge in [0.1, 0.15) is 6.04 Å². The minimum atomic E-state index is -0.374. The fourth-order valence-corrected chi connectivity index (χ4v) is 5.15. The average molecular weight is 396 g/mol. The molecule has 4 rings (SSSR count). The molecule has 0 spiro atoms. The van der Waals surface area contributed by atoms with Gasteiger partial charge in [0.05, 0.1) is 0 Å². The van der Waals surface area contributed by atoms with Crippen LogP contribution >= 0.6 is 23.2 Å². The highest BCUT2D eigenvalue weighted by Crippen LogP contribution is 2.32. The summed E-state index contributed by atoms with van der Waals surface area (Å²) in [6.45, 7) is 2.41. The van der Waals surface area contributed by atoms with Crippen molar-refractivity contribution in [2.45, 2.75) is 50.2 Å². The van der Waals surface area contributed by atoms with Crippen LogP contribution in [0.4, 0.5) is 0 Å². The molecule has 1 aromatic carbocycles. The van der Waals surface area contributed by atoms with E-state index in [1.54, 1.807) is 23.1 Å². The summed E-state index contributed by atoms with van der Waals surface area (Å²) in [6.07, 6.45) is 4.68. The highest BCUT2D eigenvalue weighted by Gasteiger charge is 2.44. The van der Waals surface area contributed by atoms with Crippen LogP contribution in [0.1, 0.15) is 42.5 Å². The largest absolute Gasteiger partial charge is 0.334 e. The molecule has 0 aliphatic carbocycles. The number of hydrogen-bond acceptors (Lipinski definition) is 3. The lowest BCUT2D eigenvalue weighted by Crippen LogP contribution is -2.52. The zero-order valence-corrected chi connectivity index (χ0v) is 16.1. The van der Waals surface area contributed by atoms with Gasteiger partial charge in [0.2, 0.25) is 5.91 Å². The van der Waals surface area contributed by atoms with Crippen LogP contribution in [0, 0.1) is 0 Å². The molecule has 2 bridgehead atoms. The number of nitrogens with one attached hydrogen (secondary N) is 1. The van der Waals surface area contributed by atoms with Gasteiger partial charge >= 0.3 is 0 Å². The van der Waals surface area contributed by atoms with Crippen LogP contribution in [-0.4, -0.2) is 59.4 Å². The molecule has 1 N–H and O–H groups in total. The Morgan fingerprint density at radius 3 is 2.50 bits per heavy atom. The molecule has 3 fully saturated rings.